The quantitative estimate of drug-likeness (QED) is 0.637. The minimum absolute atomic E-state index is 0.735. The topological polar surface area (TPSA) is 15.8 Å². The van der Waals surface area contributed by atoms with Crippen molar-refractivity contribution in [2.24, 2.45) is 0 Å². The predicted octanol–water partition coefficient (Wildman–Crippen LogP) is 4.29. The molecule has 1 aromatic heterocycles. The van der Waals surface area contributed by atoms with Crippen molar-refractivity contribution in [3.8, 4) is 11.1 Å². The van der Waals surface area contributed by atoms with E-state index in [1.165, 1.54) is 5.39 Å². The Bertz CT molecular complexity index is 640. The molecule has 0 saturated heterocycles. The third kappa shape index (κ3) is 1.50. The highest BCUT2D eigenvalue weighted by Crippen LogP contribution is 2.29. The minimum Gasteiger partial charge on any atom is -0.361 e. The summed E-state index contributed by atoms with van der Waals surface area (Å²) in [5.41, 5.74) is 3.29. The Labute approximate surface area is 98.7 Å². The zero-order chi connectivity index (χ0) is 11.0. The van der Waals surface area contributed by atoms with Crippen molar-refractivity contribution >= 4 is 22.5 Å². The number of aromatic nitrogens is 1. The van der Waals surface area contributed by atoms with Crippen LogP contribution in [0.2, 0.25) is 5.02 Å². The molecule has 0 atom stereocenters. The van der Waals surface area contributed by atoms with Crippen LogP contribution in [0.1, 0.15) is 0 Å². The first-order valence-corrected chi connectivity index (χ1v) is 5.46. The maximum Gasteiger partial charge on any atom is 0.0460 e. The zero-order valence-corrected chi connectivity index (χ0v) is 9.25. The van der Waals surface area contributed by atoms with E-state index in [2.05, 4.69) is 23.2 Å². The first-order valence-electron chi connectivity index (χ1n) is 5.08. The Morgan fingerprint density at radius 3 is 2.88 bits per heavy atom. The van der Waals surface area contributed by atoms with Crippen LogP contribution in [0.4, 0.5) is 0 Å². The number of nitrogens with one attached hydrogen (secondary N) is 1. The molecule has 1 radical (unpaired) electrons. The number of benzene rings is 2. The van der Waals surface area contributed by atoms with Crippen LogP contribution in [-0.2, 0) is 0 Å². The molecule has 0 aliphatic heterocycles. The predicted molar refractivity (Wildman–Crippen MR) is 67.6 cm³/mol. The Morgan fingerprint density at radius 1 is 1.12 bits per heavy atom. The van der Waals surface area contributed by atoms with Gasteiger partial charge in [-0.3, -0.25) is 0 Å². The minimum atomic E-state index is 0.735. The molecule has 2 aromatic carbocycles. The van der Waals surface area contributed by atoms with E-state index >= 15 is 0 Å². The summed E-state index contributed by atoms with van der Waals surface area (Å²) >= 11 is 5.98. The summed E-state index contributed by atoms with van der Waals surface area (Å²) < 4.78 is 0. The summed E-state index contributed by atoms with van der Waals surface area (Å²) in [7, 11) is 0. The lowest BCUT2D eigenvalue weighted by Gasteiger charge is -1.99. The summed E-state index contributed by atoms with van der Waals surface area (Å²) in [6.45, 7) is 0. The van der Waals surface area contributed by atoms with E-state index in [-0.39, 0.29) is 0 Å². The molecule has 16 heavy (non-hydrogen) atoms. The number of rotatable bonds is 1. The highest BCUT2D eigenvalue weighted by molar-refractivity contribution is 6.30. The average molecular weight is 227 g/mol. The van der Waals surface area contributed by atoms with Gasteiger partial charge in [-0.2, -0.15) is 0 Å². The largest absolute Gasteiger partial charge is 0.361 e. The van der Waals surface area contributed by atoms with Crippen LogP contribution in [0.15, 0.2) is 48.7 Å². The van der Waals surface area contributed by atoms with Gasteiger partial charge in [0, 0.05) is 27.7 Å². The summed E-state index contributed by atoms with van der Waals surface area (Å²) in [6, 6.07) is 17.0. The van der Waals surface area contributed by atoms with Crippen LogP contribution < -0.4 is 0 Å². The van der Waals surface area contributed by atoms with Crippen LogP contribution >= 0.6 is 11.6 Å². The molecule has 0 spiro atoms. The maximum atomic E-state index is 5.98. The number of fused-ring (bicyclic) bond motifs is 1. The molecular weight excluding hydrogens is 218 g/mol. The molecule has 2 heteroatoms. The van der Waals surface area contributed by atoms with Crippen molar-refractivity contribution in [3.63, 3.8) is 0 Å². The van der Waals surface area contributed by atoms with Crippen molar-refractivity contribution < 1.29 is 0 Å². The normalized spacial score (nSPS) is 10.8. The average Bonchev–Trinajstić information content (AvgIpc) is 2.72. The van der Waals surface area contributed by atoms with Gasteiger partial charge in [0.25, 0.3) is 0 Å². The number of halogens is 1. The molecule has 0 fully saturated rings. The first kappa shape index (κ1) is 9.49. The van der Waals surface area contributed by atoms with Gasteiger partial charge in [0.15, 0.2) is 0 Å². The molecule has 1 nitrogen and oxygen atoms in total. The fraction of sp³-hybridized carbons (Fsp3) is 0. The number of aromatic amines is 1. The van der Waals surface area contributed by atoms with Gasteiger partial charge in [0.2, 0.25) is 0 Å². The van der Waals surface area contributed by atoms with E-state index in [0.29, 0.717) is 0 Å². The smallest absolute Gasteiger partial charge is 0.0460 e. The van der Waals surface area contributed by atoms with E-state index in [9.17, 15) is 0 Å². The molecule has 1 N–H and O–H groups in total. The molecular formula is C14H9ClN. The Balaban J connectivity index is 2.26. The fourth-order valence-corrected chi connectivity index (χ4v) is 2.06. The van der Waals surface area contributed by atoms with Gasteiger partial charge in [0.05, 0.1) is 0 Å². The van der Waals surface area contributed by atoms with Crippen molar-refractivity contribution in [2.75, 3.05) is 0 Å². The Morgan fingerprint density at radius 2 is 2.00 bits per heavy atom. The second kappa shape index (κ2) is 3.69. The van der Waals surface area contributed by atoms with E-state index in [1.807, 2.05) is 36.5 Å². The number of hydrogen-bond acceptors (Lipinski definition) is 0. The molecule has 0 aliphatic carbocycles. The maximum absolute atomic E-state index is 5.98. The molecule has 77 valence electrons. The first-order chi connectivity index (χ1) is 7.84. The standard InChI is InChI=1S/C14H9ClN/c15-11-5-3-4-10(8-11)13-9-16-14-7-2-1-6-12(13)14/h1-3,5-9,16H. The third-order valence-corrected chi connectivity index (χ3v) is 2.88. The highest BCUT2D eigenvalue weighted by atomic mass is 35.5. The molecule has 0 unspecified atom stereocenters. The number of hydrogen-bond donors (Lipinski definition) is 1. The van der Waals surface area contributed by atoms with Gasteiger partial charge < -0.3 is 4.98 Å². The van der Waals surface area contributed by atoms with Crippen LogP contribution in [0, 0.1) is 6.07 Å². The van der Waals surface area contributed by atoms with Gasteiger partial charge in [-0.1, -0.05) is 35.9 Å². The second-order valence-electron chi connectivity index (χ2n) is 3.67. The van der Waals surface area contributed by atoms with E-state index in [1.54, 1.807) is 0 Å². The lowest BCUT2D eigenvalue weighted by Crippen LogP contribution is -1.75. The second-order valence-corrected chi connectivity index (χ2v) is 4.10. The molecule has 0 saturated carbocycles. The number of H-pyrrole nitrogens is 1. The lowest BCUT2D eigenvalue weighted by molar-refractivity contribution is 1.47. The van der Waals surface area contributed by atoms with Crippen molar-refractivity contribution in [1.29, 1.82) is 0 Å². The molecule has 3 aromatic rings. The van der Waals surface area contributed by atoms with Gasteiger partial charge in [-0.05, 0) is 29.8 Å². The van der Waals surface area contributed by atoms with Crippen LogP contribution in [0.25, 0.3) is 22.0 Å². The summed E-state index contributed by atoms with van der Waals surface area (Å²) in [6.07, 6.45) is 1.99. The van der Waals surface area contributed by atoms with Gasteiger partial charge in [-0.25, -0.2) is 0 Å². The molecule has 0 aliphatic rings. The SMILES string of the molecule is Clc1cc[c]c(-c2c[nH]c3ccccc23)c1. The molecule has 0 bridgehead atoms. The van der Waals surface area contributed by atoms with Gasteiger partial charge in [-0.15, -0.1) is 0 Å². The fourth-order valence-electron chi connectivity index (χ4n) is 1.89. The molecule has 0 amide bonds. The van der Waals surface area contributed by atoms with Crippen molar-refractivity contribution in [2.45, 2.75) is 0 Å². The Kier molecular flexibility index (Phi) is 2.19. The van der Waals surface area contributed by atoms with E-state index in [4.69, 9.17) is 11.6 Å². The highest BCUT2D eigenvalue weighted by Gasteiger charge is 2.05. The van der Waals surface area contributed by atoms with Gasteiger partial charge in [0.1, 0.15) is 0 Å². The lowest BCUT2D eigenvalue weighted by atomic mass is 10.1. The number of para-hydroxylation sites is 1. The van der Waals surface area contributed by atoms with Crippen LogP contribution in [-0.4, -0.2) is 4.98 Å². The molecule has 1 heterocycles. The monoisotopic (exact) mass is 226 g/mol. The van der Waals surface area contributed by atoms with Crippen LogP contribution in [0.3, 0.4) is 0 Å². The summed E-state index contributed by atoms with van der Waals surface area (Å²) in [4.78, 5) is 3.24. The van der Waals surface area contributed by atoms with E-state index in [0.717, 1.165) is 21.7 Å². The molecule has 3 rings (SSSR count). The zero-order valence-electron chi connectivity index (χ0n) is 8.50. The van der Waals surface area contributed by atoms with Crippen molar-refractivity contribution in [1.82, 2.24) is 4.98 Å². The summed E-state index contributed by atoms with van der Waals surface area (Å²) in [5.74, 6) is 0. The van der Waals surface area contributed by atoms with Crippen molar-refractivity contribution in [3.05, 3.63) is 59.8 Å². The summed E-state index contributed by atoms with van der Waals surface area (Å²) in [5, 5.41) is 1.93. The van der Waals surface area contributed by atoms with Crippen LogP contribution in [0.5, 0.6) is 0 Å². The van der Waals surface area contributed by atoms with Gasteiger partial charge >= 0.3 is 0 Å². The van der Waals surface area contributed by atoms with E-state index < -0.39 is 0 Å². The third-order valence-electron chi connectivity index (χ3n) is 2.64. The Hall–Kier alpha value is -1.73.